The topological polar surface area (TPSA) is 138 Å². The van der Waals surface area contributed by atoms with Crippen molar-refractivity contribution in [2.24, 2.45) is 5.73 Å². The van der Waals surface area contributed by atoms with Gasteiger partial charge in [0.15, 0.2) is 5.65 Å². The number of rotatable bonds is 2. The van der Waals surface area contributed by atoms with Crippen LogP contribution in [0, 0.1) is 18.8 Å². The molecule has 31 heavy (non-hydrogen) atoms. The minimum absolute atomic E-state index is 0.206. The van der Waals surface area contributed by atoms with Crippen LogP contribution in [0.5, 0.6) is 0 Å². The molecule has 1 aliphatic rings. The standard InChI is InChI=1S/C22H21N5O4/c1-12-4-5-14(28)16-18(12)27-20(26-16)15(19(23)29)17-21(27)25-13(11-24-17)3-2-6-22(30)7-9-31-10-8-22/h4-5,11,24-25,30H,6-10H2,1H3,(H2,23,29). The van der Waals surface area contributed by atoms with Crippen molar-refractivity contribution in [2.45, 2.75) is 31.8 Å². The summed E-state index contributed by atoms with van der Waals surface area (Å²) in [6.45, 7) is 2.93. The van der Waals surface area contributed by atoms with Crippen LogP contribution in [0.25, 0.3) is 27.8 Å². The van der Waals surface area contributed by atoms with Crippen molar-refractivity contribution in [1.29, 1.82) is 0 Å². The quantitative estimate of drug-likeness (QED) is 0.363. The number of nitrogens with one attached hydrogen (secondary N) is 2. The van der Waals surface area contributed by atoms with Gasteiger partial charge in [-0.1, -0.05) is 12.0 Å². The molecule has 158 valence electrons. The molecule has 0 unspecified atom stereocenters. The maximum Gasteiger partial charge on any atom is 0.254 e. The van der Waals surface area contributed by atoms with Gasteiger partial charge in [0.25, 0.3) is 5.91 Å². The van der Waals surface area contributed by atoms with Crippen molar-refractivity contribution in [3.05, 3.63) is 45.4 Å². The van der Waals surface area contributed by atoms with Gasteiger partial charge in [0.2, 0.25) is 5.43 Å². The average molecular weight is 419 g/mol. The van der Waals surface area contributed by atoms with E-state index in [1.54, 1.807) is 16.7 Å². The second-order valence-electron chi connectivity index (χ2n) is 7.95. The monoisotopic (exact) mass is 419 g/mol. The molecule has 4 heterocycles. The minimum atomic E-state index is -0.839. The molecular formula is C22H21N5O4. The Bertz CT molecular complexity index is 1470. The number of hydrogen-bond donors (Lipinski definition) is 4. The highest BCUT2D eigenvalue weighted by molar-refractivity contribution is 6.12. The lowest BCUT2D eigenvalue weighted by Crippen LogP contribution is -2.35. The Hall–Kier alpha value is -3.61. The fraction of sp³-hybridized carbons (Fsp3) is 0.318. The van der Waals surface area contributed by atoms with E-state index in [1.165, 1.54) is 6.07 Å². The van der Waals surface area contributed by atoms with Gasteiger partial charge in [0.1, 0.15) is 22.4 Å². The van der Waals surface area contributed by atoms with Crippen LogP contribution in [0.3, 0.4) is 0 Å². The molecule has 5 N–H and O–H groups in total. The van der Waals surface area contributed by atoms with E-state index in [2.05, 4.69) is 26.8 Å². The average Bonchev–Trinajstić information content (AvgIpc) is 3.26. The molecule has 9 heteroatoms. The van der Waals surface area contributed by atoms with Gasteiger partial charge in [-0.3, -0.25) is 14.0 Å². The van der Waals surface area contributed by atoms with Gasteiger partial charge >= 0.3 is 0 Å². The Labute approximate surface area is 176 Å². The number of imidazole rings is 1. The highest BCUT2D eigenvalue weighted by atomic mass is 16.5. The number of aromatic amines is 2. The van der Waals surface area contributed by atoms with E-state index in [0.717, 1.165) is 5.56 Å². The number of aryl methyl sites for hydroxylation is 1. The van der Waals surface area contributed by atoms with E-state index in [4.69, 9.17) is 10.5 Å². The van der Waals surface area contributed by atoms with Crippen molar-refractivity contribution in [3.63, 3.8) is 0 Å². The first-order chi connectivity index (χ1) is 14.9. The van der Waals surface area contributed by atoms with E-state index >= 15 is 0 Å². The first kappa shape index (κ1) is 19.4. The minimum Gasteiger partial charge on any atom is -0.389 e. The zero-order chi connectivity index (χ0) is 21.8. The summed E-state index contributed by atoms with van der Waals surface area (Å²) in [5.41, 5.74) is 8.42. The molecule has 0 radical (unpaired) electrons. The summed E-state index contributed by atoms with van der Waals surface area (Å²) in [5, 5.41) is 10.6. The summed E-state index contributed by atoms with van der Waals surface area (Å²) in [4.78, 5) is 35.3. The molecule has 1 aliphatic heterocycles. The zero-order valence-electron chi connectivity index (χ0n) is 16.9. The van der Waals surface area contributed by atoms with Crippen LogP contribution in [-0.2, 0) is 4.74 Å². The van der Waals surface area contributed by atoms with E-state index in [9.17, 15) is 14.7 Å². The highest BCUT2D eigenvalue weighted by Gasteiger charge is 2.28. The molecule has 3 aromatic heterocycles. The molecule has 0 bridgehead atoms. The van der Waals surface area contributed by atoms with Gasteiger partial charge in [-0.2, -0.15) is 0 Å². The fourth-order valence-electron chi connectivity index (χ4n) is 4.14. The number of H-pyrrole nitrogens is 2. The predicted octanol–water partition coefficient (Wildman–Crippen LogP) is 1.35. The maximum atomic E-state index is 12.3. The van der Waals surface area contributed by atoms with Crippen molar-refractivity contribution in [3.8, 4) is 11.8 Å². The highest BCUT2D eigenvalue weighted by Crippen LogP contribution is 2.28. The number of carbonyl (C=O) groups excluding carboxylic acids is 1. The molecule has 0 aliphatic carbocycles. The Morgan fingerprint density at radius 1 is 1.39 bits per heavy atom. The molecule has 0 spiro atoms. The van der Waals surface area contributed by atoms with Crippen LogP contribution in [0.4, 0.5) is 0 Å². The number of amides is 1. The van der Waals surface area contributed by atoms with Crippen LogP contribution < -0.4 is 11.2 Å². The Morgan fingerprint density at radius 3 is 2.90 bits per heavy atom. The van der Waals surface area contributed by atoms with Crippen molar-refractivity contribution in [1.82, 2.24) is 19.4 Å². The fourth-order valence-corrected chi connectivity index (χ4v) is 4.14. The number of nitrogens with zero attached hydrogens (tertiary/aromatic N) is 2. The molecule has 1 aromatic carbocycles. The van der Waals surface area contributed by atoms with Gasteiger partial charge in [-0.15, -0.1) is 0 Å². The van der Waals surface area contributed by atoms with Crippen molar-refractivity contribution >= 4 is 33.8 Å². The summed E-state index contributed by atoms with van der Waals surface area (Å²) >= 11 is 0. The normalized spacial score (nSPS) is 15.9. The van der Waals surface area contributed by atoms with Gasteiger partial charge in [0, 0.05) is 38.7 Å². The van der Waals surface area contributed by atoms with Gasteiger partial charge in [0.05, 0.1) is 16.6 Å². The largest absolute Gasteiger partial charge is 0.389 e. The lowest BCUT2D eigenvalue weighted by molar-refractivity contribution is -0.0597. The molecule has 4 aromatic rings. The number of benzene rings is 1. The van der Waals surface area contributed by atoms with Crippen molar-refractivity contribution in [2.75, 3.05) is 13.2 Å². The molecule has 1 saturated heterocycles. The first-order valence-electron chi connectivity index (χ1n) is 10.0. The smallest absolute Gasteiger partial charge is 0.254 e. The molecule has 0 atom stereocenters. The number of aliphatic hydroxyl groups is 1. The lowest BCUT2D eigenvalue weighted by atomic mass is 9.91. The maximum absolute atomic E-state index is 12.3. The van der Waals surface area contributed by atoms with Gasteiger partial charge in [-0.05, 0) is 24.5 Å². The van der Waals surface area contributed by atoms with E-state index in [1.807, 2.05) is 6.92 Å². The Kier molecular flexibility index (Phi) is 4.36. The Balaban J connectivity index is 1.68. The second kappa shape index (κ2) is 6.97. The number of fused-ring (bicyclic) bond motifs is 5. The van der Waals surface area contributed by atoms with E-state index in [0.29, 0.717) is 60.5 Å². The summed E-state index contributed by atoms with van der Waals surface area (Å²) < 4.78 is 7.03. The summed E-state index contributed by atoms with van der Waals surface area (Å²) in [6.07, 6.45) is 3.08. The first-order valence-corrected chi connectivity index (χ1v) is 10.0. The van der Waals surface area contributed by atoms with Crippen LogP contribution in [0.2, 0.25) is 0 Å². The molecule has 0 saturated carbocycles. The summed E-state index contributed by atoms with van der Waals surface area (Å²) in [5.74, 6) is 5.41. The summed E-state index contributed by atoms with van der Waals surface area (Å²) in [6, 6.07) is 3.19. The molecule has 5 rings (SSSR count). The van der Waals surface area contributed by atoms with Crippen LogP contribution in [-0.4, -0.2) is 49.2 Å². The van der Waals surface area contributed by atoms with Crippen LogP contribution >= 0.6 is 0 Å². The zero-order valence-corrected chi connectivity index (χ0v) is 16.9. The Morgan fingerprint density at radius 2 is 2.16 bits per heavy atom. The van der Waals surface area contributed by atoms with E-state index < -0.39 is 11.5 Å². The third-order valence-electron chi connectivity index (χ3n) is 5.83. The molecule has 1 fully saturated rings. The number of carbonyl (C=O) groups is 1. The third kappa shape index (κ3) is 3.08. The third-order valence-corrected chi connectivity index (χ3v) is 5.83. The molecule has 1 amide bonds. The van der Waals surface area contributed by atoms with Gasteiger partial charge in [-0.25, -0.2) is 4.98 Å². The molecular weight excluding hydrogens is 398 g/mol. The second-order valence-corrected chi connectivity index (χ2v) is 7.95. The number of nitrogens with two attached hydrogens (primary N) is 1. The van der Waals surface area contributed by atoms with Gasteiger partial charge < -0.3 is 25.5 Å². The predicted molar refractivity (Wildman–Crippen MR) is 115 cm³/mol. The molecule has 9 nitrogen and oxygen atoms in total. The number of primary amides is 1. The van der Waals surface area contributed by atoms with Crippen LogP contribution in [0.15, 0.2) is 23.1 Å². The SMILES string of the molecule is Cc1ccc(=O)c2nc3c(C(N)=O)c4[nH]cc(C#CCC5(O)CCOCC5)[nH]c4n3c12. The van der Waals surface area contributed by atoms with E-state index in [-0.39, 0.29) is 16.5 Å². The van der Waals surface area contributed by atoms with Crippen molar-refractivity contribution < 1.29 is 14.6 Å². The number of hydrogen-bond acceptors (Lipinski definition) is 5. The lowest BCUT2D eigenvalue weighted by Gasteiger charge is -2.30. The van der Waals surface area contributed by atoms with Crippen LogP contribution in [0.1, 0.15) is 40.9 Å². The summed E-state index contributed by atoms with van der Waals surface area (Å²) in [7, 11) is 0. The number of ether oxygens (including phenoxy) is 1. The number of aromatic nitrogens is 4.